The van der Waals surface area contributed by atoms with E-state index in [1.807, 2.05) is 6.92 Å². The molecular formula is C42H82O9. The van der Waals surface area contributed by atoms with Crippen LogP contribution in [0.3, 0.4) is 0 Å². The van der Waals surface area contributed by atoms with Crippen LogP contribution in [0.2, 0.25) is 0 Å². The zero-order valence-electron chi connectivity index (χ0n) is 33.1. The molecule has 0 heterocycles. The molecule has 0 aliphatic heterocycles. The molecule has 0 saturated carbocycles. The van der Waals surface area contributed by atoms with Gasteiger partial charge in [0.1, 0.15) is 0 Å². The molecule has 0 spiro atoms. The molecule has 0 amide bonds. The smallest absolute Gasteiger partial charge is 0.303 e. The van der Waals surface area contributed by atoms with Crippen molar-refractivity contribution in [2.45, 2.75) is 206 Å². The Morgan fingerprint density at radius 2 is 0.824 bits per heavy atom. The molecule has 0 radical (unpaired) electrons. The molecule has 0 bridgehead atoms. The van der Waals surface area contributed by atoms with Gasteiger partial charge in [0, 0.05) is 18.3 Å². The van der Waals surface area contributed by atoms with Gasteiger partial charge in [-0.25, -0.2) is 0 Å². The Hall–Kier alpha value is -1.78. The molecule has 0 saturated heterocycles. The second kappa shape index (κ2) is 42.6. The molecule has 51 heavy (non-hydrogen) atoms. The number of aliphatic hydroxyl groups excluding tert-OH is 5. The number of allylic oxidation sites excluding steroid dienone is 2. The molecule has 0 aromatic heterocycles. The van der Waals surface area contributed by atoms with Crippen LogP contribution in [0.15, 0.2) is 24.3 Å². The summed E-state index contributed by atoms with van der Waals surface area (Å²) in [6.45, 7) is 5.75. The van der Waals surface area contributed by atoms with Gasteiger partial charge in [-0.3, -0.25) is 9.59 Å². The maximum atomic E-state index is 10.3. The van der Waals surface area contributed by atoms with Crippen LogP contribution in [0.4, 0.5) is 0 Å². The second-order valence-corrected chi connectivity index (χ2v) is 14.1. The maximum Gasteiger partial charge on any atom is 0.303 e. The van der Waals surface area contributed by atoms with Crippen LogP contribution in [0.25, 0.3) is 0 Å². The van der Waals surface area contributed by atoms with Crippen LogP contribution in [0.5, 0.6) is 0 Å². The molecule has 0 unspecified atom stereocenters. The van der Waals surface area contributed by atoms with E-state index in [-0.39, 0.29) is 32.0 Å². The highest BCUT2D eigenvalue weighted by Gasteiger charge is 2.24. The van der Waals surface area contributed by atoms with E-state index in [4.69, 9.17) is 25.5 Å². The lowest BCUT2D eigenvalue weighted by atomic mass is 9.88. The lowest BCUT2D eigenvalue weighted by molar-refractivity contribution is -0.138. The third-order valence-corrected chi connectivity index (χ3v) is 9.21. The topological polar surface area (TPSA) is 176 Å². The van der Waals surface area contributed by atoms with Crippen LogP contribution in [0.1, 0.15) is 194 Å². The average Bonchev–Trinajstić information content (AvgIpc) is 3.11. The van der Waals surface area contributed by atoms with E-state index < -0.39 is 17.4 Å². The molecule has 9 heteroatoms. The number of hydrogen-bond acceptors (Lipinski definition) is 7. The van der Waals surface area contributed by atoms with Gasteiger partial charge in [0.2, 0.25) is 0 Å². The van der Waals surface area contributed by atoms with Gasteiger partial charge in [-0.1, -0.05) is 135 Å². The molecule has 304 valence electrons. The minimum Gasteiger partial charge on any atom is -0.481 e. The van der Waals surface area contributed by atoms with Gasteiger partial charge < -0.3 is 35.7 Å². The summed E-state index contributed by atoms with van der Waals surface area (Å²) in [7, 11) is 0. The fourth-order valence-corrected chi connectivity index (χ4v) is 5.21. The molecule has 7 N–H and O–H groups in total. The van der Waals surface area contributed by atoms with Gasteiger partial charge in [-0.15, -0.1) is 0 Å². The normalized spacial score (nSPS) is 12.7. The summed E-state index contributed by atoms with van der Waals surface area (Å²) in [5.74, 6) is -1.38. The van der Waals surface area contributed by atoms with E-state index >= 15 is 0 Å². The van der Waals surface area contributed by atoms with E-state index in [1.165, 1.54) is 51.4 Å². The van der Waals surface area contributed by atoms with E-state index in [9.17, 15) is 19.8 Å². The first-order chi connectivity index (χ1) is 24.6. The van der Waals surface area contributed by atoms with Crippen LogP contribution in [-0.4, -0.2) is 79.7 Å². The highest BCUT2D eigenvalue weighted by atomic mass is 16.4. The van der Waals surface area contributed by atoms with Crippen molar-refractivity contribution in [3.05, 3.63) is 24.3 Å². The summed E-state index contributed by atoms with van der Waals surface area (Å²) in [6.07, 6.45) is 35.3. The van der Waals surface area contributed by atoms with Crippen molar-refractivity contribution >= 4 is 11.9 Å². The zero-order valence-corrected chi connectivity index (χ0v) is 33.1. The lowest BCUT2D eigenvalue weighted by Gasteiger charge is -2.24. The fourth-order valence-electron chi connectivity index (χ4n) is 5.21. The van der Waals surface area contributed by atoms with E-state index in [0.717, 1.165) is 103 Å². The first kappa shape index (κ1) is 53.6. The van der Waals surface area contributed by atoms with Gasteiger partial charge in [0.15, 0.2) is 0 Å². The van der Waals surface area contributed by atoms with Gasteiger partial charge in [-0.05, 0) is 70.6 Å². The Bertz CT molecular complexity index is 709. The number of rotatable bonds is 34. The summed E-state index contributed by atoms with van der Waals surface area (Å²) in [4.78, 5) is 20.7. The van der Waals surface area contributed by atoms with Crippen molar-refractivity contribution in [3.63, 3.8) is 0 Å². The van der Waals surface area contributed by atoms with Gasteiger partial charge in [0.25, 0.3) is 0 Å². The van der Waals surface area contributed by atoms with Crippen LogP contribution in [0, 0.1) is 5.41 Å². The number of carbonyl (C=O) groups is 2. The molecule has 9 nitrogen and oxygen atoms in total. The number of unbranched alkanes of at least 4 members (excludes halogenated alkanes) is 16. The lowest BCUT2D eigenvalue weighted by Crippen LogP contribution is -2.32. The van der Waals surface area contributed by atoms with Gasteiger partial charge >= 0.3 is 11.9 Å². The zero-order chi connectivity index (χ0) is 38.9. The molecule has 0 aliphatic carbocycles. The molecular weight excluding hydrogens is 648 g/mol. The second-order valence-electron chi connectivity index (χ2n) is 14.1. The van der Waals surface area contributed by atoms with Crippen molar-refractivity contribution in [3.8, 4) is 0 Å². The number of carboxylic acids is 2. The van der Waals surface area contributed by atoms with Gasteiger partial charge in [0.05, 0.1) is 32.0 Å². The number of aliphatic hydroxyl groups is 5. The Morgan fingerprint density at radius 3 is 1.12 bits per heavy atom. The molecule has 0 fully saturated rings. The number of hydrogen-bond donors (Lipinski definition) is 7. The van der Waals surface area contributed by atoms with Crippen molar-refractivity contribution < 1.29 is 45.3 Å². The Balaban J connectivity index is -0.000000731. The summed E-state index contributed by atoms with van der Waals surface area (Å²) < 4.78 is 0. The van der Waals surface area contributed by atoms with E-state index in [0.29, 0.717) is 19.3 Å². The molecule has 0 rings (SSSR count). The quantitative estimate of drug-likeness (QED) is 0.0251. The number of carboxylic acid groups (broad SMARTS) is 2. The minimum absolute atomic E-state index is 0.156. The highest BCUT2D eigenvalue weighted by Crippen LogP contribution is 2.18. The standard InChI is InChI=1S/2C18H34O3.C6H14O3/c2*1-2-3-4-11-14-17(19)15-12-9-7-5-6-8-10-13-16-18(20)21;1-2-6(3-7,4-8)5-9/h2*9,12,17,19H,2-8,10-11,13-16H2,1H3,(H,20,21);7-9H,2-5H2,1H3/b2*12-9-;/t2*17-;/m11./s1. The molecule has 0 aromatic carbocycles. The Morgan fingerprint density at radius 1 is 0.490 bits per heavy atom. The fraction of sp³-hybridized carbons (Fsp3) is 0.857. The molecule has 0 aromatic rings. The first-order valence-electron chi connectivity index (χ1n) is 20.5. The van der Waals surface area contributed by atoms with E-state index in [1.54, 1.807) is 0 Å². The van der Waals surface area contributed by atoms with Crippen molar-refractivity contribution in [1.82, 2.24) is 0 Å². The highest BCUT2D eigenvalue weighted by molar-refractivity contribution is 5.66. The van der Waals surface area contributed by atoms with Crippen LogP contribution in [-0.2, 0) is 9.59 Å². The van der Waals surface area contributed by atoms with Crippen molar-refractivity contribution in [1.29, 1.82) is 0 Å². The Labute approximate surface area is 312 Å². The third kappa shape index (κ3) is 44.3. The summed E-state index contributed by atoms with van der Waals surface area (Å²) in [6, 6.07) is 0. The maximum absolute atomic E-state index is 10.3. The minimum atomic E-state index is -0.689. The monoisotopic (exact) mass is 731 g/mol. The summed E-state index contributed by atoms with van der Waals surface area (Å²) in [5.41, 5.74) is -0.667. The largest absolute Gasteiger partial charge is 0.481 e. The van der Waals surface area contributed by atoms with Crippen molar-refractivity contribution in [2.24, 2.45) is 5.41 Å². The van der Waals surface area contributed by atoms with Crippen LogP contribution < -0.4 is 0 Å². The van der Waals surface area contributed by atoms with Gasteiger partial charge in [-0.2, -0.15) is 0 Å². The summed E-state index contributed by atoms with van der Waals surface area (Å²) >= 11 is 0. The SMILES string of the molecule is CCC(CO)(CO)CO.CCCCCC[C@@H](O)C/C=C\CCCCCCCC(=O)O.CCCCCC[C@@H](O)C/C=C\CCCCCCCC(=O)O. The molecule has 0 aliphatic rings. The predicted octanol–water partition coefficient (Wildman–Crippen LogP) is 9.52. The van der Waals surface area contributed by atoms with Crippen LogP contribution >= 0.6 is 0 Å². The summed E-state index contributed by atoms with van der Waals surface area (Å²) in [5, 5.41) is 62.6. The van der Waals surface area contributed by atoms with E-state index in [2.05, 4.69) is 38.2 Å². The molecule has 2 atom stereocenters. The number of aliphatic carboxylic acids is 2. The Kier molecular flexibility index (Phi) is 44.8. The average molecular weight is 731 g/mol. The van der Waals surface area contributed by atoms with Crippen molar-refractivity contribution in [2.75, 3.05) is 19.8 Å². The predicted molar refractivity (Wildman–Crippen MR) is 211 cm³/mol. The first-order valence-corrected chi connectivity index (χ1v) is 20.5. The third-order valence-electron chi connectivity index (χ3n) is 9.21.